The molecular weight excluding hydrogens is 457 g/mol. The molecule has 184 valence electrons. The molecule has 1 amide bonds. The molecule has 2 aromatic carbocycles. The van der Waals surface area contributed by atoms with Crippen LogP contribution in [0, 0.1) is 0 Å². The lowest BCUT2D eigenvalue weighted by atomic mass is 9.92. The van der Waals surface area contributed by atoms with Crippen LogP contribution in [0.4, 0.5) is 18.9 Å². The Morgan fingerprint density at radius 1 is 1.06 bits per heavy atom. The largest absolute Gasteiger partial charge is 0.497 e. The molecule has 0 radical (unpaired) electrons. The van der Waals surface area contributed by atoms with Crippen molar-refractivity contribution >= 4 is 11.6 Å². The van der Waals surface area contributed by atoms with Crippen molar-refractivity contribution in [3.63, 3.8) is 0 Å². The minimum Gasteiger partial charge on any atom is -0.497 e. The van der Waals surface area contributed by atoms with Crippen LogP contribution in [0.5, 0.6) is 5.75 Å². The van der Waals surface area contributed by atoms with E-state index in [1.54, 1.807) is 29.2 Å². The Bertz CT molecular complexity index is 1230. The first-order chi connectivity index (χ1) is 16.8. The van der Waals surface area contributed by atoms with Gasteiger partial charge in [-0.2, -0.15) is 18.3 Å². The number of carbonyl (C=O) groups is 1. The molecule has 2 heterocycles. The molecule has 1 aromatic heterocycles. The number of anilines is 1. The molecule has 9 heteroatoms. The highest BCUT2D eigenvalue weighted by molar-refractivity contribution is 6.07. The van der Waals surface area contributed by atoms with E-state index in [1.807, 2.05) is 31.3 Å². The molecule has 0 spiro atoms. The molecule has 0 bridgehead atoms. The van der Waals surface area contributed by atoms with Crippen molar-refractivity contribution < 1.29 is 22.7 Å². The Hall–Kier alpha value is -3.33. The number of methoxy groups -OCH3 is 1. The number of carbonyl (C=O) groups excluding carboxylic acids is 1. The first kappa shape index (κ1) is 23.4. The fourth-order valence-electron chi connectivity index (χ4n) is 4.94. The molecule has 1 N–H and O–H groups in total. The standard InChI is InChI=1S/C26H27F3N4O2/c1-30-15-14-25(12-13-25)17-3-5-18(6-4-17)32-16-11-21-22(24(32)34)33(31-23(21)26(27,28)29)19-7-9-20(35-2)10-8-19/h3-10,30H,11-16H2,1-2H3. The number of aromatic nitrogens is 2. The van der Waals surface area contributed by atoms with Gasteiger partial charge in [0.2, 0.25) is 0 Å². The third kappa shape index (κ3) is 4.18. The SMILES string of the molecule is CNCCC1(c2ccc(N3CCc4c(C(F)(F)F)nn(-c5ccc(OC)cc5)c4C3=O)cc2)CC1. The number of alkyl halides is 3. The number of benzene rings is 2. The molecule has 0 atom stereocenters. The zero-order valence-corrected chi connectivity index (χ0v) is 19.7. The van der Waals surface area contributed by atoms with Gasteiger partial charge in [-0.25, -0.2) is 4.68 Å². The highest BCUT2D eigenvalue weighted by Gasteiger charge is 2.45. The van der Waals surface area contributed by atoms with E-state index in [0.29, 0.717) is 17.1 Å². The molecule has 3 aromatic rings. The van der Waals surface area contributed by atoms with Crippen LogP contribution < -0.4 is 15.0 Å². The maximum Gasteiger partial charge on any atom is 0.435 e. The molecule has 35 heavy (non-hydrogen) atoms. The number of hydrogen-bond acceptors (Lipinski definition) is 4. The van der Waals surface area contributed by atoms with Crippen LogP contribution in [0.25, 0.3) is 5.69 Å². The fraction of sp³-hybridized carbons (Fsp3) is 0.385. The number of nitrogens with zero attached hydrogens (tertiary/aromatic N) is 3. The first-order valence-corrected chi connectivity index (χ1v) is 11.7. The molecule has 1 aliphatic carbocycles. The van der Waals surface area contributed by atoms with Crippen molar-refractivity contribution in [3.8, 4) is 11.4 Å². The molecule has 1 saturated carbocycles. The van der Waals surface area contributed by atoms with Gasteiger partial charge in [-0.05, 0) is 86.7 Å². The fourth-order valence-corrected chi connectivity index (χ4v) is 4.94. The number of rotatable bonds is 7. The highest BCUT2D eigenvalue weighted by atomic mass is 19.4. The van der Waals surface area contributed by atoms with Gasteiger partial charge in [0, 0.05) is 17.8 Å². The second kappa shape index (κ2) is 8.71. The predicted molar refractivity (Wildman–Crippen MR) is 126 cm³/mol. The summed E-state index contributed by atoms with van der Waals surface area (Å²) in [6.07, 6.45) is -1.25. The van der Waals surface area contributed by atoms with E-state index in [9.17, 15) is 18.0 Å². The molecule has 1 aliphatic heterocycles. The topological polar surface area (TPSA) is 59.4 Å². The second-order valence-electron chi connectivity index (χ2n) is 9.17. The molecular formula is C26H27F3N4O2. The predicted octanol–water partition coefficient (Wildman–Crippen LogP) is 4.74. The summed E-state index contributed by atoms with van der Waals surface area (Å²) in [5.41, 5.74) is 1.35. The Balaban J connectivity index is 1.49. The van der Waals surface area contributed by atoms with Gasteiger partial charge >= 0.3 is 6.18 Å². The average Bonchev–Trinajstić information content (AvgIpc) is 3.54. The maximum atomic E-state index is 13.8. The summed E-state index contributed by atoms with van der Waals surface area (Å²) in [4.78, 5) is 15.1. The minimum atomic E-state index is -4.65. The van der Waals surface area contributed by atoms with E-state index < -0.39 is 17.8 Å². The van der Waals surface area contributed by atoms with Gasteiger partial charge in [-0.3, -0.25) is 4.79 Å². The lowest BCUT2D eigenvalue weighted by Crippen LogP contribution is -2.39. The van der Waals surface area contributed by atoms with Crippen LogP contribution in [0.2, 0.25) is 0 Å². The van der Waals surface area contributed by atoms with Crippen molar-refractivity contribution in [2.45, 2.75) is 37.3 Å². The van der Waals surface area contributed by atoms with Crippen LogP contribution in [0.3, 0.4) is 0 Å². The second-order valence-corrected chi connectivity index (χ2v) is 9.17. The average molecular weight is 485 g/mol. The summed E-state index contributed by atoms with van der Waals surface area (Å²) in [5, 5.41) is 7.05. The van der Waals surface area contributed by atoms with Crippen molar-refractivity contribution in [2.75, 3.05) is 32.1 Å². The van der Waals surface area contributed by atoms with E-state index in [2.05, 4.69) is 10.4 Å². The lowest BCUT2D eigenvalue weighted by Gasteiger charge is -2.28. The zero-order valence-electron chi connectivity index (χ0n) is 19.7. The van der Waals surface area contributed by atoms with Gasteiger partial charge in [0.05, 0.1) is 12.8 Å². The third-order valence-electron chi connectivity index (χ3n) is 7.10. The first-order valence-electron chi connectivity index (χ1n) is 11.7. The molecule has 5 rings (SSSR count). The molecule has 1 fully saturated rings. The van der Waals surface area contributed by atoms with E-state index in [-0.39, 0.29) is 29.6 Å². The zero-order chi connectivity index (χ0) is 24.8. The molecule has 6 nitrogen and oxygen atoms in total. The normalized spacial score (nSPS) is 16.8. The summed E-state index contributed by atoms with van der Waals surface area (Å²) in [5.74, 6) is 0.0659. The summed E-state index contributed by atoms with van der Waals surface area (Å²) in [7, 11) is 3.45. The molecule has 0 saturated heterocycles. The summed E-state index contributed by atoms with van der Waals surface area (Å²) >= 11 is 0. The van der Waals surface area contributed by atoms with Crippen molar-refractivity contribution in [2.24, 2.45) is 0 Å². The Morgan fingerprint density at radius 3 is 2.29 bits per heavy atom. The smallest absolute Gasteiger partial charge is 0.435 e. The van der Waals surface area contributed by atoms with Crippen molar-refractivity contribution in [1.29, 1.82) is 0 Å². The molecule has 0 unspecified atom stereocenters. The van der Waals surface area contributed by atoms with Gasteiger partial charge in [0.1, 0.15) is 11.4 Å². The van der Waals surface area contributed by atoms with E-state index in [0.717, 1.165) is 30.5 Å². The van der Waals surface area contributed by atoms with Gasteiger partial charge < -0.3 is 15.0 Å². The van der Waals surface area contributed by atoms with E-state index in [1.165, 1.54) is 12.7 Å². The lowest BCUT2D eigenvalue weighted by molar-refractivity contribution is -0.141. The number of amides is 1. The van der Waals surface area contributed by atoms with Gasteiger partial charge in [0.15, 0.2) is 5.69 Å². The van der Waals surface area contributed by atoms with Crippen molar-refractivity contribution in [3.05, 3.63) is 71.0 Å². The van der Waals surface area contributed by atoms with Gasteiger partial charge in [-0.15, -0.1) is 0 Å². The van der Waals surface area contributed by atoms with Crippen LogP contribution in [-0.2, 0) is 18.0 Å². The quantitative estimate of drug-likeness (QED) is 0.526. The minimum absolute atomic E-state index is 0.0505. The maximum absolute atomic E-state index is 13.8. The number of hydrogen-bond donors (Lipinski definition) is 1. The highest BCUT2D eigenvalue weighted by Crippen LogP contribution is 2.51. The van der Waals surface area contributed by atoms with Gasteiger partial charge in [0.25, 0.3) is 5.91 Å². The Kier molecular flexibility index (Phi) is 5.83. The van der Waals surface area contributed by atoms with Crippen LogP contribution in [0.15, 0.2) is 48.5 Å². The molecule has 2 aliphatic rings. The van der Waals surface area contributed by atoms with E-state index >= 15 is 0 Å². The number of fused-ring (bicyclic) bond motifs is 1. The Labute approximate surface area is 201 Å². The van der Waals surface area contributed by atoms with E-state index in [4.69, 9.17) is 4.74 Å². The van der Waals surface area contributed by atoms with Crippen LogP contribution in [0.1, 0.15) is 46.6 Å². The summed E-state index contributed by atoms with van der Waals surface area (Å²) < 4.78 is 47.6. The van der Waals surface area contributed by atoms with Gasteiger partial charge in [-0.1, -0.05) is 12.1 Å². The van der Waals surface area contributed by atoms with Crippen LogP contribution in [-0.4, -0.2) is 42.9 Å². The Morgan fingerprint density at radius 2 is 1.71 bits per heavy atom. The number of nitrogens with one attached hydrogen (secondary N) is 1. The summed E-state index contributed by atoms with van der Waals surface area (Å²) in [6, 6.07) is 14.3. The third-order valence-corrected chi connectivity index (χ3v) is 7.10. The van der Waals surface area contributed by atoms with Crippen molar-refractivity contribution in [1.82, 2.24) is 15.1 Å². The number of halogens is 3. The monoisotopic (exact) mass is 484 g/mol. The number of ether oxygens (including phenoxy) is 1. The summed E-state index contributed by atoms with van der Waals surface area (Å²) in [6.45, 7) is 1.10. The van der Waals surface area contributed by atoms with Crippen LogP contribution >= 0.6 is 0 Å².